The van der Waals surface area contributed by atoms with Crippen molar-refractivity contribution < 1.29 is 14.0 Å². The normalized spacial score (nSPS) is 26.7. The van der Waals surface area contributed by atoms with Gasteiger partial charge in [-0.3, -0.25) is 4.90 Å². The SMILES string of the molecule is COc1cccc(CN2C[C@@H]3C[C@@H](Cc4nc(C)no4)O[C@@H]3C2)c1. The second-order valence-electron chi connectivity index (χ2n) is 6.78. The summed E-state index contributed by atoms with van der Waals surface area (Å²) in [5, 5.41) is 3.84. The van der Waals surface area contributed by atoms with Gasteiger partial charge >= 0.3 is 0 Å². The number of hydrogen-bond donors (Lipinski definition) is 0. The molecule has 2 aromatic rings. The summed E-state index contributed by atoms with van der Waals surface area (Å²) in [6, 6.07) is 8.28. The predicted octanol–water partition coefficient (Wildman–Crippen LogP) is 2.22. The van der Waals surface area contributed by atoms with Gasteiger partial charge in [0, 0.05) is 25.6 Å². The van der Waals surface area contributed by atoms with E-state index in [0.29, 0.717) is 23.7 Å². The fraction of sp³-hybridized carbons (Fsp3) is 0.556. The smallest absolute Gasteiger partial charge is 0.229 e. The molecule has 6 nitrogen and oxygen atoms in total. The highest BCUT2D eigenvalue weighted by molar-refractivity contribution is 5.28. The van der Waals surface area contributed by atoms with E-state index in [1.54, 1.807) is 7.11 Å². The molecule has 0 saturated carbocycles. The summed E-state index contributed by atoms with van der Waals surface area (Å²) in [5.74, 6) is 2.89. The Balaban J connectivity index is 1.31. The molecule has 6 heteroatoms. The van der Waals surface area contributed by atoms with Crippen molar-refractivity contribution in [1.82, 2.24) is 15.0 Å². The van der Waals surface area contributed by atoms with Gasteiger partial charge in [-0.1, -0.05) is 17.3 Å². The van der Waals surface area contributed by atoms with E-state index in [0.717, 1.165) is 38.2 Å². The number of methoxy groups -OCH3 is 1. The zero-order chi connectivity index (χ0) is 16.5. The van der Waals surface area contributed by atoms with E-state index in [4.69, 9.17) is 14.0 Å². The largest absolute Gasteiger partial charge is 0.497 e. The Morgan fingerprint density at radius 1 is 1.33 bits per heavy atom. The minimum Gasteiger partial charge on any atom is -0.497 e. The zero-order valence-electron chi connectivity index (χ0n) is 14.1. The summed E-state index contributed by atoms with van der Waals surface area (Å²) in [6.45, 7) is 4.86. The number of likely N-dealkylation sites (tertiary alicyclic amines) is 1. The van der Waals surface area contributed by atoms with Gasteiger partial charge in [-0.2, -0.15) is 4.98 Å². The summed E-state index contributed by atoms with van der Waals surface area (Å²) in [6.07, 6.45) is 2.33. The van der Waals surface area contributed by atoms with Gasteiger partial charge in [-0.05, 0) is 31.0 Å². The van der Waals surface area contributed by atoms with Crippen molar-refractivity contribution >= 4 is 0 Å². The van der Waals surface area contributed by atoms with Crippen molar-refractivity contribution in [3.05, 3.63) is 41.5 Å². The number of benzene rings is 1. The van der Waals surface area contributed by atoms with Crippen LogP contribution in [0.1, 0.15) is 23.7 Å². The molecular weight excluding hydrogens is 306 g/mol. The van der Waals surface area contributed by atoms with E-state index in [1.807, 2.05) is 19.1 Å². The van der Waals surface area contributed by atoms with Gasteiger partial charge < -0.3 is 14.0 Å². The van der Waals surface area contributed by atoms with Gasteiger partial charge in [0.1, 0.15) is 5.75 Å². The van der Waals surface area contributed by atoms with Crippen LogP contribution in [0, 0.1) is 12.8 Å². The Bertz CT molecular complexity index is 688. The quantitative estimate of drug-likeness (QED) is 0.838. The molecule has 0 spiro atoms. The molecule has 2 saturated heterocycles. The van der Waals surface area contributed by atoms with Gasteiger partial charge in [0.05, 0.1) is 25.7 Å². The average molecular weight is 329 g/mol. The van der Waals surface area contributed by atoms with Gasteiger partial charge in [0.15, 0.2) is 5.82 Å². The first-order valence-corrected chi connectivity index (χ1v) is 8.49. The Morgan fingerprint density at radius 2 is 2.25 bits per heavy atom. The molecule has 0 amide bonds. The molecular formula is C18H23N3O3. The maximum atomic E-state index is 6.22. The number of aryl methyl sites for hydroxylation is 1. The molecule has 0 radical (unpaired) electrons. The number of hydrogen-bond acceptors (Lipinski definition) is 6. The number of ether oxygens (including phenoxy) is 2. The Kier molecular flexibility index (Phi) is 4.24. The van der Waals surface area contributed by atoms with Gasteiger partial charge in [0.25, 0.3) is 0 Å². The molecule has 3 atom stereocenters. The monoisotopic (exact) mass is 329 g/mol. The molecule has 1 aromatic heterocycles. The maximum Gasteiger partial charge on any atom is 0.229 e. The highest BCUT2D eigenvalue weighted by Gasteiger charge is 2.42. The Morgan fingerprint density at radius 3 is 3.00 bits per heavy atom. The highest BCUT2D eigenvalue weighted by Crippen LogP contribution is 2.34. The van der Waals surface area contributed by atoms with Crippen LogP contribution in [0.25, 0.3) is 0 Å². The van der Waals surface area contributed by atoms with Crippen molar-refractivity contribution in [3.8, 4) is 5.75 Å². The zero-order valence-corrected chi connectivity index (χ0v) is 14.1. The Hall–Kier alpha value is -1.92. The molecule has 2 fully saturated rings. The molecule has 0 unspecified atom stereocenters. The first kappa shape index (κ1) is 15.6. The van der Waals surface area contributed by atoms with E-state index in [2.05, 4.69) is 27.2 Å². The molecule has 0 aliphatic carbocycles. The van der Waals surface area contributed by atoms with Crippen molar-refractivity contribution in [2.24, 2.45) is 5.92 Å². The standard InChI is InChI=1S/C18H23N3O3/c1-12-19-18(24-20-12)8-16-7-14-10-21(11-17(14)23-16)9-13-4-3-5-15(6-13)22-2/h3-6,14,16-17H,7-11H2,1-2H3/t14-,16-,17+/m0/s1. The summed E-state index contributed by atoms with van der Waals surface area (Å²) in [5.41, 5.74) is 1.28. The summed E-state index contributed by atoms with van der Waals surface area (Å²) < 4.78 is 16.7. The van der Waals surface area contributed by atoms with Crippen LogP contribution >= 0.6 is 0 Å². The van der Waals surface area contributed by atoms with Crippen molar-refractivity contribution in [3.63, 3.8) is 0 Å². The van der Waals surface area contributed by atoms with Crippen LogP contribution in [0.3, 0.4) is 0 Å². The van der Waals surface area contributed by atoms with Crippen molar-refractivity contribution in [1.29, 1.82) is 0 Å². The lowest BCUT2D eigenvalue weighted by molar-refractivity contribution is 0.0343. The van der Waals surface area contributed by atoms with Crippen LogP contribution in [-0.2, 0) is 17.7 Å². The van der Waals surface area contributed by atoms with Crippen LogP contribution in [-0.4, -0.2) is 47.4 Å². The van der Waals surface area contributed by atoms with Crippen LogP contribution < -0.4 is 4.74 Å². The Labute approximate surface area is 141 Å². The van der Waals surface area contributed by atoms with Gasteiger partial charge in [0.2, 0.25) is 5.89 Å². The minimum absolute atomic E-state index is 0.207. The number of aromatic nitrogens is 2. The number of nitrogens with zero attached hydrogens (tertiary/aromatic N) is 3. The first-order chi connectivity index (χ1) is 11.7. The van der Waals surface area contributed by atoms with Crippen LogP contribution in [0.15, 0.2) is 28.8 Å². The number of fused-ring (bicyclic) bond motifs is 1. The van der Waals surface area contributed by atoms with Crippen molar-refractivity contribution in [2.45, 2.75) is 38.5 Å². The molecule has 1 aromatic carbocycles. The van der Waals surface area contributed by atoms with Gasteiger partial charge in [-0.15, -0.1) is 0 Å². The van der Waals surface area contributed by atoms with Crippen LogP contribution in [0.5, 0.6) is 5.75 Å². The summed E-state index contributed by atoms with van der Waals surface area (Å²) in [4.78, 5) is 6.74. The second-order valence-corrected chi connectivity index (χ2v) is 6.78. The molecule has 128 valence electrons. The molecule has 0 bridgehead atoms. The molecule has 24 heavy (non-hydrogen) atoms. The lowest BCUT2D eigenvalue weighted by Crippen LogP contribution is -2.25. The molecule has 3 heterocycles. The van der Waals surface area contributed by atoms with Crippen LogP contribution in [0.2, 0.25) is 0 Å². The summed E-state index contributed by atoms with van der Waals surface area (Å²) >= 11 is 0. The molecule has 0 N–H and O–H groups in total. The van der Waals surface area contributed by atoms with E-state index in [-0.39, 0.29) is 6.10 Å². The van der Waals surface area contributed by atoms with E-state index in [9.17, 15) is 0 Å². The highest BCUT2D eigenvalue weighted by atomic mass is 16.5. The third-order valence-corrected chi connectivity index (χ3v) is 4.90. The van der Waals surface area contributed by atoms with Gasteiger partial charge in [-0.25, -0.2) is 0 Å². The third-order valence-electron chi connectivity index (χ3n) is 4.90. The fourth-order valence-corrected chi connectivity index (χ4v) is 3.86. The third kappa shape index (κ3) is 3.30. The predicted molar refractivity (Wildman–Crippen MR) is 87.8 cm³/mol. The lowest BCUT2D eigenvalue weighted by Gasteiger charge is -2.19. The van der Waals surface area contributed by atoms with E-state index >= 15 is 0 Å². The maximum absolute atomic E-state index is 6.22. The van der Waals surface area contributed by atoms with Crippen LogP contribution in [0.4, 0.5) is 0 Å². The molecule has 2 aliphatic rings. The van der Waals surface area contributed by atoms with E-state index < -0.39 is 0 Å². The summed E-state index contributed by atoms with van der Waals surface area (Å²) in [7, 11) is 1.71. The lowest BCUT2D eigenvalue weighted by atomic mass is 10.0. The first-order valence-electron chi connectivity index (χ1n) is 8.49. The van der Waals surface area contributed by atoms with E-state index in [1.165, 1.54) is 5.56 Å². The van der Waals surface area contributed by atoms with Crippen molar-refractivity contribution in [2.75, 3.05) is 20.2 Å². The topological polar surface area (TPSA) is 60.6 Å². The molecule has 4 rings (SSSR count). The average Bonchev–Trinajstić information content (AvgIpc) is 3.23. The number of rotatable bonds is 5. The fourth-order valence-electron chi connectivity index (χ4n) is 3.86. The second kappa shape index (κ2) is 6.53. The minimum atomic E-state index is 0.207. The molecule has 2 aliphatic heterocycles.